The van der Waals surface area contributed by atoms with Gasteiger partial charge in [-0.25, -0.2) is 0 Å². The van der Waals surface area contributed by atoms with Gasteiger partial charge in [0.05, 0.1) is 0 Å². The van der Waals surface area contributed by atoms with E-state index in [0.717, 1.165) is 22.3 Å². The molecule has 0 bridgehead atoms. The molecule has 0 N–H and O–H groups in total. The largest absolute Gasteiger partial charge is 0.426 e. The summed E-state index contributed by atoms with van der Waals surface area (Å²) in [5.41, 5.74) is 3.91. The average Bonchev–Trinajstić information content (AvgIpc) is 2.61. The molecule has 0 radical (unpaired) electrons. The van der Waals surface area contributed by atoms with Crippen molar-refractivity contribution in [3.05, 3.63) is 34.6 Å². The van der Waals surface area contributed by atoms with Crippen molar-refractivity contribution >= 4 is 28.5 Å². The maximum absolute atomic E-state index is 11.1. The number of hydrogen-bond donors (Lipinski definition) is 0. The summed E-state index contributed by atoms with van der Waals surface area (Å²) in [5.74, 6) is -3.73. The summed E-state index contributed by atoms with van der Waals surface area (Å²) in [6.45, 7) is 5.87. The van der Waals surface area contributed by atoms with Crippen molar-refractivity contribution in [2.24, 2.45) is 4.76 Å². The van der Waals surface area contributed by atoms with Crippen molar-refractivity contribution in [1.29, 1.82) is 0 Å². The number of aryl methyl sites for hydroxylation is 3. The molecule has 5 nitrogen and oxygen atoms in total. The number of hydrogen-bond acceptors (Lipinski definition) is 4. The minimum Gasteiger partial charge on any atom is -0.387 e. The fourth-order valence-electron chi connectivity index (χ4n) is 1.95. The number of nitrogens with zero attached hydrogens (tertiary/aromatic N) is 2. The number of benzene rings is 1. The van der Waals surface area contributed by atoms with Gasteiger partial charge in [0.15, 0.2) is 0 Å². The van der Waals surface area contributed by atoms with E-state index in [0.29, 0.717) is 0 Å². The van der Waals surface area contributed by atoms with Crippen molar-refractivity contribution in [3.63, 3.8) is 0 Å². The molecule has 0 amide bonds. The molecule has 0 aliphatic carbocycles. The van der Waals surface area contributed by atoms with Crippen LogP contribution in [-0.4, -0.2) is 5.16 Å². The summed E-state index contributed by atoms with van der Waals surface area (Å²) in [7, 11) is 0. The molecule has 1 heterocycles. The molecule has 2 aromatic rings. The van der Waals surface area contributed by atoms with E-state index in [4.69, 9.17) is 31.4 Å². The molecule has 2 rings (SSSR count). The Labute approximate surface area is 119 Å². The topological polar surface area (TPSA) is 68.6 Å². The Balaban J connectivity index is 2.56. The summed E-state index contributed by atoms with van der Waals surface area (Å²) in [4.78, 5) is 0. The molecule has 0 atom stereocenters. The SMILES string of the molecule is Cc1cc(C)c(-c2no/c(=N\P(=O)(Cl)Cl)o2)c(C)c1. The zero-order chi connectivity index (χ0) is 14.2. The number of rotatable bonds is 2. The predicted octanol–water partition coefficient (Wildman–Crippen LogP) is 4.35. The standard InChI is InChI=1S/C11H11Cl2N2O3P/c1-6-4-7(2)9(8(3)5-6)10-14-18-11(17-10)15-19(12,13)16/h4-5H,1-3H3/b15-11-. The first-order valence-corrected chi connectivity index (χ1v) is 8.84. The summed E-state index contributed by atoms with van der Waals surface area (Å²) >= 11 is 10.6. The van der Waals surface area contributed by atoms with Gasteiger partial charge in [-0.15, -0.1) is 4.76 Å². The quantitative estimate of drug-likeness (QED) is 0.771. The summed E-state index contributed by atoms with van der Waals surface area (Å²) < 4.78 is 24.6. The lowest BCUT2D eigenvalue weighted by molar-refractivity contribution is 0.323. The van der Waals surface area contributed by atoms with E-state index in [1.54, 1.807) is 0 Å². The second-order valence-corrected chi connectivity index (χ2v) is 8.50. The molecule has 0 aliphatic rings. The van der Waals surface area contributed by atoms with E-state index in [9.17, 15) is 4.57 Å². The molecule has 0 aliphatic heterocycles. The van der Waals surface area contributed by atoms with Crippen molar-refractivity contribution in [1.82, 2.24) is 5.16 Å². The second-order valence-electron chi connectivity index (χ2n) is 4.16. The Bertz CT molecular complexity index is 707. The third-order valence-electron chi connectivity index (χ3n) is 2.48. The highest BCUT2D eigenvalue weighted by Crippen LogP contribution is 2.57. The Hall–Kier alpha value is -1.03. The fraction of sp³-hybridized carbons (Fsp3) is 0.273. The number of halogens is 2. The highest BCUT2D eigenvalue weighted by molar-refractivity contribution is 8.07. The van der Waals surface area contributed by atoms with Crippen molar-refractivity contribution in [3.8, 4) is 11.5 Å². The smallest absolute Gasteiger partial charge is 0.387 e. The summed E-state index contributed by atoms with van der Waals surface area (Å²) in [6.07, 6.45) is 0. The molecular weight excluding hydrogens is 310 g/mol. The number of aromatic nitrogens is 1. The van der Waals surface area contributed by atoms with E-state index in [-0.39, 0.29) is 11.6 Å². The van der Waals surface area contributed by atoms with Crippen LogP contribution in [0.25, 0.3) is 11.5 Å². The van der Waals surface area contributed by atoms with Crippen LogP contribution >= 0.6 is 28.5 Å². The molecule has 102 valence electrons. The third-order valence-corrected chi connectivity index (χ3v) is 3.33. The van der Waals surface area contributed by atoms with Gasteiger partial charge in [0.1, 0.15) is 0 Å². The van der Waals surface area contributed by atoms with Crippen molar-refractivity contribution in [2.45, 2.75) is 20.8 Å². The normalized spacial score (nSPS) is 13.0. The van der Waals surface area contributed by atoms with Gasteiger partial charge in [0.25, 0.3) is 5.89 Å². The maximum Gasteiger partial charge on any atom is 0.426 e. The van der Waals surface area contributed by atoms with Crippen LogP contribution in [0, 0.1) is 20.8 Å². The molecular formula is C11H11Cl2N2O3P. The van der Waals surface area contributed by atoms with Gasteiger partial charge in [-0.3, -0.25) is 9.09 Å². The first-order chi connectivity index (χ1) is 8.76. The molecule has 0 fully saturated rings. The van der Waals surface area contributed by atoms with Gasteiger partial charge < -0.3 is 4.42 Å². The third kappa shape index (κ3) is 3.50. The Morgan fingerprint density at radius 1 is 1.21 bits per heavy atom. The van der Waals surface area contributed by atoms with E-state index in [1.807, 2.05) is 32.9 Å². The minimum atomic E-state index is -3.66. The van der Waals surface area contributed by atoms with Gasteiger partial charge in [0, 0.05) is 5.56 Å². The van der Waals surface area contributed by atoms with Crippen LogP contribution in [0.3, 0.4) is 0 Å². The molecule has 0 saturated carbocycles. The predicted molar refractivity (Wildman–Crippen MR) is 73.3 cm³/mol. The van der Waals surface area contributed by atoms with Crippen LogP contribution in [0.2, 0.25) is 0 Å². The van der Waals surface area contributed by atoms with Crippen LogP contribution in [0.4, 0.5) is 0 Å². The zero-order valence-corrected chi connectivity index (χ0v) is 12.9. The van der Waals surface area contributed by atoms with Crippen molar-refractivity contribution < 1.29 is 13.5 Å². The highest BCUT2D eigenvalue weighted by atomic mass is 35.9. The fourth-order valence-corrected chi connectivity index (χ4v) is 2.59. The first-order valence-electron chi connectivity index (χ1n) is 5.37. The van der Waals surface area contributed by atoms with Crippen LogP contribution in [0.15, 0.2) is 25.8 Å². The second kappa shape index (κ2) is 5.16. The van der Waals surface area contributed by atoms with E-state index < -0.39 is 6.00 Å². The van der Waals surface area contributed by atoms with Crippen LogP contribution in [0.1, 0.15) is 16.7 Å². The summed E-state index contributed by atoms with van der Waals surface area (Å²) in [6, 6.07) is 3.99. The van der Waals surface area contributed by atoms with Crippen LogP contribution in [0.5, 0.6) is 0 Å². The Morgan fingerprint density at radius 3 is 2.32 bits per heavy atom. The Kier molecular flexibility index (Phi) is 3.90. The van der Waals surface area contributed by atoms with Crippen molar-refractivity contribution in [2.75, 3.05) is 0 Å². The first kappa shape index (κ1) is 14.4. The zero-order valence-electron chi connectivity index (χ0n) is 10.5. The van der Waals surface area contributed by atoms with Crippen LogP contribution < -0.4 is 5.75 Å². The van der Waals surface area contributed by atoms with Gasteiger partial charge in [-0.1, -0.05) is 17.7 Å². The molecule has 19 heavy (non-hydrogen) atoms. The average molecular weight is 321 g/mol. The molecule has 0 unspecified atom stereocenters. The van der Waals surface area contributed by atoms with Gasteiger partial charge in [-0.2, -0.15) is 0 Å². The molecule has 0 spiro atoms. The molecule has 1 aromatic heterocycles. The maximum atomic E-state index is 11.1. The lowest BCUT2D eigenvalue weighted by atomic mass is 10.00. The Morgan fingerprint density at radius 2 is 1.79 bits per heavy atom. The minimum absolute atomic E-state index is 0.246. The summed E-state index contributed by atoms with van der Waals surface area (Å²) in [5, 5.41) is 3.75. The monoisotopic (exact) mass is 320 g/mol. The van der Waals surface area contributed by atoms with Gasteiger partial charge in [-0.05, 0) is 59.5 Å². The van der Waals surface area contributed by atoms with E-state index in [1.165, 1.54) is 0 Å². The van der Waals surface area contributed by atoms with E-state index >= 15 is 0 Å². The van der Waals surface area contributed by atoms with Gasteiger partial charge >= 0.3 is 11.7 Å². The molecule has 8 heteroatoms. The highest BCUT2D eigenvalue weighted by Gasteiger charge is 2.16. The van der Waals surface area contributed by atoms with Crippen LogP contribution in [-0.2, 0) is 4.57 Å². The van der Waals surface area contributed by atoms with Gasteiger partial charge in [0.2, 0.25) is 0 Å². The molecule has 0 saturated heterocycles. The lowest BCUT2D eigenvalue weighted by Crippen LogP contribution is -1.92. The van der Waals surface area contributed by atoms with E-state index in [2.05, 4.69) is 9.92 Å². The molecule has 1 aromatic carbocycles. The lowest BCUT2D eigenvalue weighted by Gasteiger charge is -2.06.